The second-order valence-electron chi connectivity index (χ2n) is 4.35. The Kier molecular flexibility index (Phi) is 9.32. The largest absolute Gasteiger partial charge is 0.350 e. The molecule has 1 aromatic rings. The van der Waals surface area contributed by atoms with Gasteiger partial charge in [0.15, 0.2) is 0 Å². The fourth-order valence-corrected chi connectivity index (χ4v) is 1.69. The highest BCUT2D eigenvalue weighted by atomic mass is 35.5. The Balaban J connectivity index is 0.00000400. The lowest BCUT2D eigenvalue weighted by atomic mass is 10.2. The van der Waals surface area contributed by atoms with Gasteiger partial charge in [0.25, 0.3) is 0 Å². The van der Waals surface area contributed by atoms with E-state index in [-0.39, 0.29) is 49.5 Å². The van der Waals surface area contributed by atoms with Crippen molar-refractivity contribution in [2.45, 2.75) is 19.9 Å². The Bertz CT molecular complexity index is 454. The van der Waals surface area contributed by atoms with Gasteiger partial charge in [-0.2, -0.15) is 0 Å². The maximum Gasteiger partial charge on any atom is 0.239 e. The highest BCUT2D eigenvalue weighted by Gasteiger charge is 2.14. The molecule has 0 saturated heterocycles. The van der Waals surface area contributed by atoms with Crippen LogP contribution in [0.5, 0.6) is 0 Å². The molecule has 0 radical (unpaired) electrons. The lowest BCUT2D eigenvalue weighted by Crippen LogP contribution is -2.40. The molecule has 5 nitrogen and oxygen atoms in total. The molecule has 7 heteroatoms. The predicted octanol–water partition coefficient (Wildman–Crippen LogP) is 1.06. The van der Waals surface area contributed by atoms with E-state index in [0.717, 1.165) is 5.56 Å². The number of nitrogens with two attached hydrogens (primary N) is 1. The summed E-state index contributed by atoms with van der Waals surface area (Å²) >= 11 is 0. The number of hydrogen-bond acceptors (Lipinski definition) is 3. The van der Waals surface area contributed by atoms with Crippen LogP contribution >= 0.6 is 12.4 Å². The number of hydrogen-bond donors (Lipinski definition) is 2. The van der Waals surface area contributed by atoms with Gasteiger partial charge >= 0.3 is 0 Å². The van der Waals surface area contributed by atoms with Gasteiger partial charge in [-0.05, 0) is 24.6 Å². The number of likely N-dealkylation sites (N-methyl/N-ethyl adjacent to an activating group) is 1. The van der Waals surface area contributed by atoms with Crippen LogP contribution in [0.2, 0.25) is 0 Å². The van der Waals surface area contributed by atoms with E-state index in [9.17, 15) is 14.0 Å². The second kappa shape index (κ2) is 10.1. The molecule has 3 N–H and O–H groups in total. The van der Waals surface area contributed by atoms with Crippen LogP contribution in [0, 0.1) is 5.82 Å². The van der Waals surface area contributed by atoms with Gasteiger partial charge in [0.05, 0.1) is 6.54 Å². The standard InChI is InChI=1S/C14H20FN3O2.ClH/c1-2-18(14(20)7-8-16)10-13(19)17-9-11-3-5-12(15)6-4-11;/h3-6H,2,7-10,16H2,1H3,(H,17,19);1H. The molecule has 0 spiro atoms. The summed E-state index contributed by atoms with van der Waals surface area (Å²) in [5.41, 5.74) is 6.12. The van der Waals surface area contributed by atoms with E-state index in [1.165, 1.54) is 17.0 Å². The van der Waals surface area contributed by atoms with Crippen molar-refractivity contribution in [2.24, 2.45) is 5.73 Å². The average Bonchev–Trinajstić information content (AvgIpc) is 2.44. The zero-order valence-electron chi connectivity index (χ0n) is 12.0. The summed E-state index contributed by atoms with van der Waals surface area (Å²) in [5.74, 6) is -0.696. The molecule has 1 rings (SSSR count). The first-order chi connectivity index (χ1) is 9.56. The van der Waals surface area contributed by atoms with E-state index in [0.29, 0.717) is 13.1 Å². The highest BCUT2D eigenvalue weighted by molar-refractivity contribution is 5.85. The first-order valence-corrected chi connectivity index (χ1v) is 6.55. The molecule has 0 bridgehead atoms. The molecule has 0 aromatic heterocycles. The van der Waals surface area contributed by atoms with E-state index in [1.807, 2.05) is 6.92 Å². The van der Waals surface area contributed by atoms with E-state index < -0.39 is 0 Å². The molecule has 0 heterocycles. The van der Waals surface area contributed by atoms with Gasteiger partial charge in [-0.15, -0.1) is 12.4 Å². The molecule has 0 aliphatic rings. The van der Waals surface area contributed by atoms with Gasteiger partial charge in [0, 0.05) is 26.1 Å². The molecular weight excluding hydrogens is 297 g/mol. The van der Waals surface area contributed by atoms with Crippen LogP contribution < -0.4 is 11.1 Å². The molecule has 1 aromatic carbocycles. The van der Waals surface area contributed by atoms with Crippen LogP contribution in [0.15, 0.2) is 24.3 Å². The average molecular weight is 318 g/mol. The van der Waals surface area contributed by atoms with Crippen LogP contribution in [-0.4, -0.2) is 36.3 Å². The Morgan fingerprint density at radius 3 is 2.43 bits per heavy atom. The van der Waals surface area contributed by atoms with Crippen molar-refractivity contribution < 1.29 is 14.0 Å². The number of carbonyl (C=O) groups excluding carboxylic acids is 2. The minimum absolute atomic E-state index is 0. The number of rotatable bonds is 7. The quantitative estimate of drug-likeness (QED) is 0.789. The number of halogens is 2. The molecule has 2 amide bonds. The van der Waals surface area contributed by atoms with Crippen molar-refractivity contribution in [3.63, 3.8) is 0 Å². The number of carbonyl (C=O) groups is 2. The van der Waals surface area contributed by atoms with Gasteiger partial charge in [0.1, 0.15) is 5.82 Å². The van der Waals surface area contributed by atoms with Crippen LogP contribution in [0.4, 0.5) is 4.39 Å². The minimum Gasteiger partial charge on any atom is -0.350 e. The summed E-state index contributed by atoms with van der Waals surface area (Å²) in [5, 5.41) is 2.69. The van der Waals surface area contributed by atoms with Gasteiger partial charge in [-0.1, -0.05) is 12.1 Å². The van der Waals surface area contributed by atoms with Crippen molar-refractivity contribution in [3.05, 3.63) is 35.6 Å². The first kappa shape index (κ1) is 19.3. The predicted molar refractivity (Wildman–Crippen MR) is 81.4 cm³/mol. The molecular formula is C14H21ClFN3O2. The van der Waals surface area contributed by atoms with Gasteiger partial charge in [-0.25, -0.2) is 4.39 Å². The number of amides is 2. The van der Waals surface area contributed by atoms with Crippen LogP contribution in [-0.2, 0) is 16.1 Å². The SMILES string of the molecule is CCN(CC(=O)NCc1ccc(F)cc1)C(=O)CCN.Cl. The number of nitrogens with zero attached hydrogens (tertiary/aromatic N) is 1. The Hall–Kier alpha value is -1.66. The third-order valence-corrected chi connectivity index (χ3v) is 2.83. The molecule has 0 aliphatic heterocycles. The minimum atomic E-state index is -0.315. The van der Waals surface area contributed by atoms with Crippen molar-refractivity contribution in [2.75, 3.05) is 19.6 Å². The summed E-state index contributed by atoms with van der Waals surface area (Å²) in [6.45, 7) is 2.86. The molecule has 118 valence electrons. The van der Waals surface area contributed by atoms with Crippen LogP contribution in [0.25, 0.3) is 0 Å². The second-order valence-corrected chi connectivity index (χ2v) is 4.35. The van der Waals surface area contributed by atoms with E-state index in [1.54, 1.807) is 12.1 Å². The third-order valence-electron chi connectivity index (χ3n) is 2.83. The van der Waals surface area contributed by atoms with Crippen molar-refractivity contribution in [3.8, 4) is 0 Å². The maximum atomic E-state index is 12.7. The lowest BCUT2D eigenvalue weighted by molar-refractivity contribution is -0.135. The Labute approximate surface area is 130 Å². The van der Waals surface area contributed by atoms with E-state index in [4.69, 9.17) is 5.73 Å². The fourth-order valence-electron chi connectivity index (χ4n) is 1.69. The summed E-state index contributed by atoms with van der Waals surface area (Å²) in [6, 6.07) is 5.88. The van der Waals surface area contributed by atoms with E-state index in [2.05, 4.69) is 5.32 Å². The summed E-state index contributed by atoms with van der Waals surface area (Å²) in [7, 11) is 0. The normalized spacial score (nSPS) is 9.67. The van der Waals surface area contributed by atoms with Crippen molar-refractivity contribution >= 4 is 24.2 Å². The fraction of sp³-hybridized carbons (Fsp3) is 0.429. The van der Waals surface area contributed by atoms with E-state index >= 15 is 0 Å². The summed E-state index contributed by atoms with van der Waals surface area (Å²) < 4.78 is 12.7. The molecule has 0 unspecified atom stereocenters. The molecule has 0 aliphatic carbocycles. The zero-order chi connectivity index (χ0) is 15.0. The van der Waals surface area contributed by atoms with Gasteiger partial charge in [-0.3, -0.25) is 9.59 Å². The van der Waals surface area contributed by atoms with Crippen molar-refractivity contribution in [1.29, 1.82) is 0 Å². The summed E-state index contributed by atoms with van der Waals surface area (Å²) in [4.78, 5) is 24.8. The molecule has 0 saturated carbocycles. The number of nitrogens with one attached hydrogen (secondary N) is 1. The molecule has 0 atom stereocenters. The maximum absolute atomic E-state index is 12.7. The van der Waals surface area contributed by atoms with Crippen LogP contribution in [0.1, 0.15) is 18.9 Å². The summed E-state index contributed by atoms with van der Waals surface area (Å²) in [6.07, 6.45) is 0.235. The Morgan fingerprint density at radius 2 is 1.90 bits per heavy atom. The zero-order valence-corrected chi connectivity index (χ0v) is 12.8. The number of benzene rings is 1. The van der Waals surface area contributed by atoms with Crippen molar-refractivity contribution in [1.82, 2.24) is 10.2 Å². The third kappa shape index (κ3) is 7.06. The molecule has 0 fully saturated rings. The van der Waals surface area contributed by atoms with Crippen LogP contribution in [0.3, 0.4) is 0 Å². The topological polar surface area (TPSA) is 75.4 Å². The first-order valence-electron chi connectivity index (χ1n) is 6.55. The lowest BCUT2D eigenvalue weighted by Gasteiger charge is -2.20. The molecule has 21 heavy (non-hydrogen) atoms. The van der Waals surface area contributed by atoms with Gasteiger partial charge < -0.3 is 16.0 Å². The highest BCUT2D eigenvalue weighted by Crippen LogP contribution is 2.02. The smallest absolute Gasteiger partial charge is 0.239 e. The monoisotopic (exact) mass is 317 g/mol. The van der Waals surface area contributed by atoms with Gasteiger partial charge in [0.2, 0.25) is 11.8 Å². The Morgan fingerprint density at radius 1 is 1.29 bits per heavy atom.